The number of amides is 1. The second kappa shape index (κ2) is 8.00. The molecule has 0 unspecified atom stereocenters. The first-order valence-corrected chi connectivity index (χ1v) is 7.17. The standard InChI is InChI=1S/C16H25FN2O/c1-11(2)7-13(10-18)8-16(20)19-12(3)14-5-4-6-15(17)9-14/h4-6,9,11-13H,7-8,10,18H2,1-3H3,(H,19,20)/t12-,13+/m1/s1. The number of halogens is 1. The molecular formula is C16H25FN2O. The first-order valence-electron chi connectivity index (χ1n) is 7.17. The third kappa shape index (κ3) is 5.70. The van der Waals surface area contributed by atoms with Crippen LogP contribution >= 0.6 is 0 Å². The number of carbonyl (C=O) groups is 1. The van der Waals surface area contributed by atoms with Gasteiger partial charge in [0.1, 0.15) is 5.82 Å². The summed E-state index contributed by atoms with van der Waals surface area (Å²) in [5, 5.41) is 2.90. The molecule has 20 heavy (non-hydrogen) atoms. The predicted molar refractivity (Wildman–Crippen MR) is 79.6 cm³/mol. The van der Waals surface area contributed by atoms with Gasteiger partial charge in [0.2, 0.25) is 5.91 Å². The van der Waals surface area contributed by atoms with Gasteiger partial charge in [0, 0.05) is 6.42 Å². The zero-order chi connectivity index (χ0) is 15.1. The van der Waals surface area contributed by atoms with Crippen LogP contribution in [-0.2, 0) is 4.79 Å². The lowest BCUT2D eigenvalue weighted by Crippen LogP contribution is -2.30. The highest BCUT2D eigenvalue weighted by atomic mass is 19.1. The minimum atomic E-state index is -0.289. The van der Waals surface area contributed by atoms with E-state index in [-0.39, 0.29) is 23.7 Å². The van der Waals surface area contributed by atoms with Gasteiger partial charge < -0.3 is 11.1 Å². The smallest absolute Gasteiger partial charge is 0.220 e. The average molecular weight is 280 g/mol. The summed E-state index contributed by atoms with van der Waals surface area (Å²) in [5.74, 6) is 0.410. The van der Waals surface area contributed by atoms with E-state index in [9.17, 15) is 9.18 Å². The Labute approximate surface area is 120 Å². The molecule has 4 heteroatoms. The van der Waals surface area contributed by atoms with E-state index in [0.29, 0.717) is 18.9 Å². The van der Waals surface area contributed by atoms with Crippen LogP contribution in [0.3, 0.4) is 0 Å². The summed E-state index contributed by atoms with van der Waals surface area (Å²) in [7, 11) is 0. The SMILES string of the molecule is CC(C)C[C@H](CN)CC(=O)N[C@H](C)c1cccc(F)c1. The zero-order valence-electron chi connectivity index (χ0n) is 12.5. The van der Waals surface area contributed by atoms with Gasteiger partial charge in [0.05, 0.1) is 6.04 Å². The molecule has 0 saturated carbocycles. The minimum absolute atomic E-state index is 0.0298. The molecule has 0 spiro atoms. The topological polar surface area (TPSA) is 55.1 Å². The Kier molecular flexibility index (Phi) is 6.65. The van der Waals surface area contributed by atoms with E-state index in [1.165, 1.54) is 12.1 Å². The van der Waals surface area contributed by atoms with Crippen LogP contribution in [0.15, 0.2) is 24.3 Å². The molecule has 1 amide bonds. The highest BCUT2D eigenvalue weighted by Crippen LogP contribution is 2.17. The van der Waals surface area contributed by atoms with Gasteiger partial charge in [0.25, 0.3) is 0 Å². The van der Waals surface area contributed by atoms with Gasteiger partial charge >= 0.3 is 0 Å². The molecule has 0 aliphatic carbocycles. The lowest BCUT2D eigenvalue weighted by atomic mass is 9.94. The van der Waals surface area contributed by atoms with E-state index >= 15 is 0 Å². The lowest BCUT2D eigenvalue weighted by Gasteiger charge is -2.19. The van der Waals surface area contributed by atoms with E-state index in [4.69, 9.17) is 5.73 Å². The molecule has 0 saturated heterocycles. The summed E-state index contributed by atoms with van der Waals surface area (Å²) in [6, 6.07) is 6.10. The van der Waals surface area contributed by atoms with Gasteiger partial charge in [-0.3, -0.25) is 4.79 Å². The van der Waals surface area contributed by atoms with Crippen molar-refractivity contribution >= 4 is 5.91 Å². The Bertz CT molecular complexity index is 434. The Morgan fingerprint density at radius 3 is 2.60 bits per heavy atom. The molecule has 0 radical (unpaired) electrons. The molecule has 2 atom stereocenters. The van der Waals surface area contributed by atoms with Gasteiger partial charge in [-0.25, -0.2) is 4.39 Å². The Morgan fingerprint density at radius 1 is 1.35 bits per heavy atom. The Balaban J connectivity index is 2.53. The van der Waals surface area contributed by atoms with Gasteiger partial charge in [-0.1, -0.05) is 26.0 Å². The molecule has 3 nitrogen and oxygen atoms in total. The van der Waals surface area contributed by atoms with Crippen molar-refractivity contribution in [2.75, 3.05) is 6.54 Å². The van der Waals surface area contributed by atoms with Crippen molar-refractivity contribution in [3.05, 3.63) is 35.6 Å². The third-order valence-corrected chi connectivity index (χ3v) is 3.34. The predicted octanol–water partition coefficient (Wildman–Crippen LogP) is 3.01. The van der Waals surface area contributed by atoms with Crippen molar-refractivity contribution in [1.82, 2.24) is 5.32 Å². The minimum Gasteiger partial charge on any atom is -0.350 e. The number of carbonyl (C=O) groups excluding carboxylic acids is 1. The Hall–Kier alpha value is -1.42. The van der Waals surface area contributed by atoms with Gasteiger partial charge in [-0.15, -0.1) is 0 Å². The van der Waals surface area contributed by atoms with E-state index < -0.39 is 0 Å². The first-order chi connectivity index (χ1) is 9.42. The molecule has 112 valence electrons. The van der Waals surface area contributed by atoms with Crippen LogP contribution in [0.2, 0.25) is 0 Å². The maximum atomic E-state index is 13.1. The molecule has 0 bridgehead atoms. The molecule has 0 fully saturated rings. The van der Waals surface area contributed by atoms with Crippen LogP contribution in [0.4, 0.5) is 4.39 Å². The fourth-order valence-corrected chi connectivity index (χ4v) is 2.35. The fourth-order valence-electron chi connectivity index (χ4n) is 2.35. The number of rotatable bonds is 7. The second-order valence-corrected chi connectivity index (χ2v) is 5.78. The highest BCUT2D eigenvalue weighted by Gasteiger charge is 2.16. The summed E-state index contributed by atoms with van der Waals surface area (Å²) in [6.45, 7) is 6.61. The summed E-state index contributed by atoms with van der Waals surface area (Å²) < 4.78 is 13.1. The first kappa shape index (κ1) is 16.6. The van der Waals surface area contributed by atoms with E-state index in [0.717, 1.165) is 12.0 Å². The third-order valence-electron chi connectivity index (χ3n) is 3.34. The number of hydrogen-bond acceptors (Lipinski definition) is 2. The van der Waals surface area contributed by atoms with Gasteiger partial charge in [-0.05, 0) is 49.4 Å². The van der Waals surface area contributed by atoms with Crippen LogP contribution in [0.25, 0.3) is 0 Å². The highest BCUT2D eigenvalue weighted by molar-refractivity contribution is 5.76. The molecule has 1 aromatic rings. The van der Waals surface area contributed by atoms with Crippen LogP contribution in [0, 0.1) is 17.7 Å². The molecule has 0 aromatic heterocycles. The number of benzene rings is 1. The van der Waals surface area contributed by atoms with Crippen molar-refractivity contribution in [1.29, 1.82) is 0 Å². The molecule has 1 aromatic carbocycles. The molecule has 1 rings (SSSR count). The molecular weight excluding hydrogens is 255 g/mol. The van der Waals surface area contributed by atoms with Crippen molar-refractivity contribution in [2.24, 2.45) is 17.6 Å². The second-order valence-electron chi connectivity index (χ2n) is 5.78. The van der Waals surface area contributed by atoms with Gasteiger partial charge in [-0.2, -0.15) is 0 Å². The van der Waals surface area contributed by atoms with Crippen molar-refractivity contribution < 1.29 is 9.18 Å². The molecule has 0 aliphatic heterocycles. The van der Waals surface area contributed by atoms with E-state index in [1.807, 2.05) is 13.0 Å². The van der Waals surface area contributed by atoms with Crippen LogP contribution in [0.1, 0.15) is 45.2 Å². The number of nitrogens with one attached hydrogen (secondary N) is 1. The number of hydrogen-bond donors (Lipinski definition) is 2. The summed E-state index contributed by atoms with van der Waals surface area (Å²) >= 11 is 0. The van der Waals surface area contributed by atoms with Crippen LogP contribution in [0.5, 0.6) is 0 Å². The quantitative estimate of drug-likeness (QED) is 0.806. The Morgan fingerprint density at radius 2 is 2.05 bits per heavy atom. The summed E-state index contributed by atoms with van der Waals surface area (Å²) in [5.41, 5.74) is 6.47. The molecule has 0 heterocycles. The van der Waals surface area contributed by atoms with Crippen molar-refractivity contribution in [2.45, 2.75) is 39.7 Å². The fraction of sp³-hybridized carbons (Fsp3) is 0.562. The van der Waals surface area contributed by atoms with Gasteiger partial charge in [0.15, 0.2) is 0 Å². The maximum Gasteiger partial charge on any atom is 0.220 e. The van der Waals surface area contributed by atoms with Crippen LogP contribution in [-0.4, -0.2) is 12.5 Å². The van der Waals surface area contributed by atoms with Crippen LogP contribution < -0.4 is 11.1 Å². The lowest BCUT2D eigenvalue weighted by molar-refractivity contribution is -0.122. The maximum absolute atomic E-state index is 13.1. The van der Waals surface area contributed by atoms with E-state index in [1.54, 1.807) is 6.07 Å². The van der Waals surface area contributed by atoms with Crippen molar-refractivity contribution in [3.8, 4) is 0 Å². The number of nitrogens with two attached hydrogens (primary N) is 1. The summed E-state index contributed by atoms with van der Waals surface area (Å²) in [6.07, 6.45) is 1.37. The molecule has 0 aliphatic rings. The largest absolute Gasteiger partial charge is 0.350 e. The monoisotopic (exact) mass is 280 g/mol. The average Bonchev–Trinajstić information content (AvgIpc) is 2.37. The zero-order valence-corrected chi connectivity index (χ0v) is 12.5. The summed E-state index contributed by atoms with van der Waals surface area (Å²) in [4.78, 5) is 12.0. The molecule has 3 N–H and O–H groups in total. The normalized spacial score (nSPS) is 14.1. The van der Waals surface area contributed by atoms with E-state index in [2.05, 4.69) is 19.2 Å². The van der Waals surface area contributed by atoms with Crippen molar-refractivity contribution in [3.63, 3.8) is 0 Å².